The molecule has 2 aromatic rings. The van der Waals surface area contributed by atoms with Gasteiger partial charge in [0, 0.05) is 11.3 Å². The van der Waals surface area contributed by atoms with Gasteiger partial charge in [-0.2, -0.15) is 10.4 Å². The highest BCUT2D eigenvalue weighted by Crippen LogP contribution is 2.18. The molecule has 0 aliphatic rings. The minimum Gasteiger partial charge on any atom is -0.481 e. The van der Waals surface area contributed by atoms with E-state index in [0.29, 0.717) is 22.6 Å². The number of aromatic nitrogens is 3. The molecule has 6 nitrogen and oxygen atoms in total. The third-order valence-corrected chi connectivity index (χ3v) is 2.88. The van der Waals surface area contributed by atoms with Crippen LogP contribution < -0.4 is 0 Å². The number of nitriles is 1. The molecule has 0 saturated heterocycles. The fraction of sp³-hybridized carbons (Fsp3) is 0.231. The fourth-order valence-electron chi connectivity index (χ4n) is 1.91. The van der Waals surface area contributed by atoms with Gasteiger partial charge in [-0.25, -0.2) is 9.67 Å². The number of carbonyl (C=O) groups is 1. The van der Waals surface area contributed by atoms with E-state index in [1.54, 1.807) is 29.9 Å². The van der Waals surface area contributed by atoms with Gasteiger partial charge < -0.3 is 5.11 Å². The maximum atomic E-state index is 10.8. The topological polar surface area (TPSA) is 91.8 Å². The number of rotatable bonds is 3. The van der Waals surface area contributed by atoms with Crippen molar-refractivity contribution in [2.24, 2.45) is 0 Å². The van der Waals surface area contributed by atoms with Crippen LogP contribution in [0, 0.1) is 25.2 Å². The van der Waals surface area contributed by atoms with Crippen molar-refractivity contribution >= 4 is 5.97 Å². The monoisotopic (exact) mass is 256 g/mol. The van der Waals surface area contributed by atoms with Gasteiger partial charge in [-0.1, -0.05) is 0 Å². The maximum Gasteiger partial charge on any atom is 0.307 e. The molecule has 0 spiro atoms. The van der Waals surface area contributed by atoms with Crippen molar-refractivity contribution in [3.8, 4) is 11.8 Å². The Morgan fingerprint density at radius 3 is 2.74 bits per heavy atom. The second-order valence-corrected chi connectivity index (χ2v) is 4.15. The van der Waals surface area contributed by atoms with Crippen LogP contribution in [0.25, 0.3) is 5.69 Å². The van der Waals surface area contributed by atoms with Crippen molar-refractivity contribution < 1.29 is 9.90 Å². The number of aliphatic carboxylic acids is 1. The predicted octanol–water partition coefficient (Wildman–Crippen LogP) is 1.38. The average Bonchev–Trinajstić information content (AvgIpc) is 2.66. The van der Waals surface area contributed by atoms with Crippen LogP contribution in [0.2, 0.25) is 0 Å². The normalized spacial score (nSPS) is 10.2. The minimum atomic E-state index is -0.885. The van der Waals surface area contributed by atoms with Gasteiger partial charge >= 0.3 is 5.97 Å². The van der Waals surface area contributed by atoms with Crippen LogP contribution in [-0.4, -0.2) is 25.8 Å². The van der Waals surface area contributed by atoms with Crippen LogP contribution in [0.5, 0.6) is 0 Å². The first kappa shape index (κ1) is 12.8. The number of hydrogen-bond acceptors (Lipinski definition) is 4. The van der Waals surface area contributed by atoms with Crippen LogP contribution in [0.15, 0.2) is 18.3 Å². The number of aryl methyl sites for hydroxylation is 1. The third-order valence-electron chi connectivity index (χ3n) is 2.88. The molecule has 0 amide bonds. The molecular formula is C13H12N4O2. The molecule has 2 rings (SSSR count). The van der Waals surface area contributed by atoms with E-state index in [0.717, 1.165) is 5.69 Å². The lowest BCUT2D eigenvalue weighted by Crippen LogP contribution is -2.04. The number of nitrogens with zero attached hydrogens (tertiary/aromatic N) is 4. The first-order valence-electron chi connectivity index (χ1n) is 5.66. The summed E-state index contributed by atoms with van der Waals surface area (Å²) in [7, 11) is 0. The lowest BCUT2D eigenvalue weighted by atomic mass is 10.1. The Hall–Kier alpha value is -2.68. The highest BCUT2D eigenvalue weighted by molar-refractivity contribution is 5.71. The van der Waals surface area contributed by atoms with Crippen molar-refractivity contribution in [3.05, 3.63) is 41.0 Å². The highest BCUT2D eigenvalue weighted by Gasteiger charge is 2.15. The fourth-order valence-corrected chi connectivity index (χ4v) is 1.91. The Balaban J connectivity index is 2.45. The van der Waals surface area contributed by atoms with E-state index in [2.05, 4.69) is 10.1 Å². The summed E-state index contributed by atoms with van der Waals surface area (Å²) < 4.78 is 1.64. The zero-order valence-corrected chi connectivity index (χ0v) is 10.6. The van der Waals surface area contributed by atoms with Gasteiger partial charge in [0.15, 0.2) is 0 Å². The predicted molar refractivity (Wildman–Crippen MR) is 66.9 cm³/mol. The van der Waals surface area contributed by atoms with Gasteiger partial charge in [-0.15, -0.1) is 0 Å². The summed E-state index contributed by atoms with van der Waals surface area (Å²) in [6.45, 7) is 3.59. The molecule has 19 heavy (non-hydrogen) atoms. The number of pyridine rings is 1. The summed E-state index contributed by atoms with van der Waals surface area (Å²) in [5.74, 6) is -0.885. The summed E-state index contributed by atoms with van der Waals surface area (Å²) >= 11 is 0. The maximum absolute atomic E-state index is 10.8. The summed E-state index contributed by atoms with van der Waals surface area (Å²) in [5.41, 5.74) is 3.19. The Bertz CT molecular complexity index is 665. The standard InChI is InChI=1S/C13H12N4O2/c1-8-12(5-13(18)19)9(2)17(16-8)11-4-3-10(6-14)15-7-11/h3-4,7H,5H2,1-2H3,(H,18,19). The first-order chi connectivity index (χ1) is 9.02. The molecule has 0 unspecified atom stereocenters. The van der Waals surface area contributed by atoms with Crippen molar-refractivity contribution in [2.75, 3.05) is 0 Å². The van der Waals surface area contributed by atoms with Gasteiger partial charge in [0.1, 0.15) is 11.8 Å². The zero-order chi connectivity index (χ0) is 14.0. The Kier molecular flexibility index (Phi) is 3.29. The smallest absolute Gasteiger partial charge is 0.307 e. The highest BCUT2D eigenvalue weighted by atomic mass is 16.4. The van der Waals surface area contributed by atoms with E-state index in [-0.39, 0.29) is 6.42 Å². The molecule has 0 atom stereocenters. The summed E-state index contributed by atoms with van der Waals surface area (Å²) in [5, 5.41) is 21.9. The number of hydrogen-bond donors (Lipinski definition) is 1. The van der Waals surface area contributed by atoms with Gasteiger partial charge in [0.25, 0.3) is 0 Å². The lowest BCUT2D eigenvalue weighted by Gasteiger charge is -2.04. The Labute approximate surface area is 109 Å². The molecule has 6 heteroatoms. The van der Waals surface area contributed by atoms with Gasteiger partial charge in [0.05, 0.1) is 24.0 Å². The molecule has 0 aliphatic heterocycles. The van der Waals surface area contributed by atoms with Gasteiger partial charge in [-0.3, -0.25) is 4.79 Å². The van der Waals surface area contributed by atoms with E-state index in [1.807, 2.05) is 13.0 Å². The van der Waals surface area contributed by atoms with Crippen LogP contribution in [0.4, 0.5) is 0 Å². The quantitative estimate of drug-likeness (QED) is 0.895. The van der Waals surface area contributed by atoms with Crippen molar-refractivity contribution in [2.45, 2.75) is 20.3 Å². The first-order valence-corrected chi connectivity index (χ1v) is 5.66. The van der Waals surface area contributed by atoms with Gasteiger partial charge in [-0.05, 0) is 26.0 Å². The van der Waals surface area contributed by atoms with E-state index in [9.17, 15) is 4.79 Å². The molecule has 0 bridgehead atoms. The molecule has 0 aliphatic carbocycles. The van der Waals surface area contributed by atoms with E-state index < -0.39 is 5.97 Å². The molecule has 96 valence electrons. The molecular weight excluding hydrogens is 244 g/mol. The average molecular weight is 256 g/mol. The minimum absolute atomic E-state index is 0.0542. The summed E-state index contributed by atoms with van der Waals surface area (Å²) in [6.07, 6.45) is 1.49. The van der Waals surface area contributed by atoms with Crippen LogP contribution in [0.1, 0.15) is 22.6 Å². The van der Waals surface area contributed by atoms with E-state index in [4.69, 9.17) is 10.4 Å². The molecule has 0 saturated carbocycles. The molecule has 2 aromatic heterocycles. The van der Waals surface area contributed by atoms with Crippen LogP contribution >= 0.6 is 0 Å². The number of carboxylic acids is 1. The SMILES string of the molecule is Cc1nn(-c2ccc(C#N)nc2)c(C)c1CC(=O)O. The molecule has 0 aromatic carbocycles. The second kappa shape index (κ2) is 4.90. The molecule has 2 heterocycles. The zero-order valence-electron chi connectivity index (χ0n) is 10.6. The van der Waals surface area contributed by atoms with Crippen LogP contribution in [-0.2, 0) is 11.2 Å². The van der Waals surface area contributed by atoms with Crippen molar-refractivity contribution in [1.29, 1.82) is 5.26 Å². The third kappa shape index (κ3) is 2.45. The second-order valence-electron chi connectivity index (χ2n) is 4.15. The van der Waals surface area contributed by atoms with Crippen LogP contribution in [0.3, 0.4) is 0 Å². The Morgan fingerprint density at radius 2 is 2.21 bits per heavy atom. The van der Waals surface area contributed by atoms with Crippen molar-refractivity contribution in [3.63, 3.8) is 0 Å². The largest absolute Gasteiger partial charge is 0.481 e. The number of carboxylic acid groups (broad SMARTS) is 1. The molecule has 0 radical (unpaired) electrons. The molecule has 0 fully saturated rings. The molecule has 1 N–H and O–H groups in total. The summed E-state index contributed by atoms with van der Waals surface area (Å²) in [6, 6.07) is 5.28. The van der Waals surface area contributed by atoms with Crippen molar-refractivity contribution in [1.82, 2.24) is 14.8 Å². The van der Waals surface area contributed by atoms with Gasteiger partial charge in [0.2, 0.25) is 0 Å². The Morgan fingerprint density at radius 1 is 1.47 bits per heavy atom. The van der Waals surface area contributed by atoms with E-state index >= 15 is 0 Å². The lowest BCUT2D eigenvalue weighted by molar-refractivity contribution is -0.136. The van der Waals surface area contributed by atoms with E-state index in [1.165, 1.54) is 0 Å². The summed E-state index contributed by atoms with van der Waals surface area (Å²) in [4.78, 5) is 14.8.